The zero-order chi connectivity index (χ0) is 51.3. The van der Waals surface area contributed by atoms with Crippen LogP contribution in [0.2, 0.25) is 0 Å². The molecule has 0 aromatic heterocycles. The Kier molecular flexibility index (Phi) is 52.1. The molecule has 0 fully saturated rings. The van der Waals surface area contributed by atoms with Crippen LogP contribution >= 0.6 is 7.82 Å². The van der Waals surface area contributed by atoms with E-state index in [1.807, 2.05) is 27.2 Å². The number of allylic oxidation sites excluding steroid dienone is 3. The Hall–Kier alpha value is -1.02. The van der Waals surface area contributed by atoms with Crippen molar-refractivity contribution in [2.45, 2.75) is 321 Å². The van der Waals surface area contributed by atoms with Gasteiger partial charge in [0.15, 0.2) is 0 Å². The number of hydrogen-bond donors (Lipinski definition) is 2. The number of aliphatic hydroxyl groups excluding tert-OH is 1. The highest BCUT2D eigenvalue weighted by Crippen LogP contribution is 2.38. The summed E-state index contributed by atoms with van der Waals surface area (Å²) in [6.45, 7) is 4.66. The second kappa shape index (κ2) is 52.8. The summed E-state index contributed by atoms with van der Waals surface area (Å²) in [4.78, 5) is 25.5. The van der Waals surface area contributed by atoms with Crippen LogP contribution in [-0.2, 0) is 18.4 Å². The number of carbonyl (C=O) groups is 1. The molecule has 0 saturated carbocycles. The maximum absolute atomic E-state index is 13.0. The van der Waals surface area contributed by atoms with Crippen molar-refractivity contribution in [2.24, 2.45) is 0 Å². The van der Waals surface area contributed by atoms with Crippen LogP contribution in [0.25, 0.3) is 0 Å². The van der Waals surface area contributed by atoms with Gasteiger partial charge in [-0.3, -0.25) is 9.36 Å². The van der Waals surface area contributed by atoms with E-state index < -0.39 is 20.0 Å². The Morgan fingerprint density at radius 2 is 0.800 bits per heavy atom. The highest BCUT2D eigenvalue weighted by atomic mass is 31.2. The summed E-state index contributed by atoms with van der Waals surface area (Å²) in [6, 6.07) is -0.900. The Balaban J connectivity index is 3.99. The standard InChI is InChI=1S/C61H121N2O6P/c1-6-8-10-12-14-16-18-20-22-23-24-25-26-27-28-29-30-31-32-33-34-35-36-37-38-39-41-43-45-47-49-51-53-55-61(65)62-59(58-69-70(66,67)68-57-56-63(3,4)5)60(64)54-52-50-48-46-44-42-40-21-19-17-15-13-11-9-7-2/h44,46,52,54,59-60,64H,6-43,45,47-51,53,55-58H2,1-5H3,(H-,62,65,66,67)/b46-44+,54-52+. The molecule has 2 N–H and O–H groups in total. The lowest BCUT2D eigenvalue weighted by Crippen LogP contribution is -2.45. The average molecular weight is 1010 g/mol. The number of phosphoric acid groups is 1. The van der Waals surface area contributed by atoms with E-state index in [0.717, 1.165) is 38.5 Å². The Morgan fingerprint density at radius 1 is 0.486 bits per heavy atom. The van der Waals surface area contributed by atoms with E-state index in [1.54, 1.807) is 6.08 Å². The van der Waals surface area contributed by atoms with Gasteiger partial charge in [-0.1, -0.05) is 295 Å². The molecule has 3 unspecified atom stereocenters. The van der Waals surface area contributed by atoms with Crippen molar-refractivity contribution in [1.29, 1.82) is 0 Å². The van der Waals surface area contributed by atoms with Crippen molar-refractivity contribution in [3.63, 3.8) is 0 Å². The molecule has 0 aliphatic heterocycles. The molecule has 9 heteroatoms. The minimum absolute atomic E-state index is 0.00384. The van der Waals surface area contributed by atoms with Crippen LogP contribution in [0, 0.1) is 0 Å². The molecule has 416 valence electrons. The number of quaternary nitrogens is 1. The lowest BCUT2D eigenvalue weighted by Gasteiger charge is -2.29. The molecule has 0 rings (SSSR count). The second-order valence-corrected chi connectivity index (χ2v) is 23.8. The summed E-state index contributed by atoms with van der Waals surface area (Å²) < 4.78 is 23.3. The molecule has 0 aromatic carbocycles. The minimum Gasteiger partial charge on any atom is -0.756 e. The third kappa shape index (κ3) is 54.7. The number of likely N-dealkylation sites (N-methyl/N-ethyl adjacent to an activating group) is 1. The number of phosphoric ester groups is 1. The van der Waals surface area contributed by atoms with Gasteiger partial charge in [0.05, 0.1) is 39.9 Å². The van der Waals surface area contributed by atoms with Crippen LogP contribution in [0.5, 0.6) is 0 Å². The monoisotopic (exact) mass is 1010 g/mol. The van der Waals surface area contributed by atoms with Crippen molar-refractivity contribution in [3.05, 3.63) is 24.3 Å². The molecule has 70 heavy (non-hydrogen) atoms. The summed E-state index contributed by atoms with van der Waals surface area (Å²) in [5, 5.41) is 13.8. The van der Waals surface area contributed by atoms with Crippen LogP contribution in [0.3, 0.4) is 0 Å². The molecule has 0 spiro atoms. The fourth-order valence-electron chi connectivity index (χ4n) is 9.35. The molecule has 8 nitrogen and oxygen atoms in total. The van der Waals surface area contributed by atoms with Crippen molar-refractivity contribution < 1.29 is 32.9 Å². The Morgan fingerprint density at radius 3 is 1.16 bits per heavy atom. The van der Waals surface area contributed by atoms with Gasteiger partial charge in [0.25, 0.3) is 7.82 Å². The fraction of sp³-hybridized carbons (Fsp3) is 0.918. The highest BCUT2D eigenvalue weighted by Gasteiger charge is 2.23. The second-order valence-electron chi connectivity index (χ2n) is 22.4. The molecule has 0 heterocycles. The molecule has 1 amide bonds. The molecular formula is C61H121N2O6P. The zero-order valence-corrected chi connectivity index (χ0v) is 48.4. The van der Waals surface area contributed by atoms with E-state index in [4.69, 9.17) is 9.05 Å². The lowest BCUT2D eigenvalue weighted by atomic mass is 10.0. The van der Waals surface area contributed by atoms with Crippen LogP contribution in [0.1, 0.15) is 309 Å². The van der Waals surface area contributed by atoms with Crippen molar-refractivity contribution in [3.8, 4) is 0 Å². The number of amides is 1. The number of aliphatic hydroxyl groups is 1. The van der Waals surface area contributed by atoms with E-state index in [-0.39, 0.29) is 19.1 Å². The van der Waals surface area contributed by atoms with Gasteiger partial charge in [0.2, 0.25) is 5.91 Å². The first-order valence-electron chi connectivity index (χ1n) is 30.7. The molecule has 0 radical (unpaired) electrons. The Labute approximate surface area is 436 Å². The largest absolute Gasteiger partial charge is 0.756 e. The molecule has 3 atom stereocenters. The van der Waals surface area contributed by atoms with Crippen molar-refractivity contribution in [1.82, 2.24) is 5.32 Å². The number of nitrogens with zero attached hydrogens (tertiary/aromatic N) is 1. The van der Waals surface area contributed by atoms with E-state index in [2.05, 4.69) is 31.3 Å². The number of hydrogen-bond acceptors (Lipinski definition) is 6. The average Bonchev–Trinajstić information content (AvgIpc) is 3.32. The Bertz CT molecular complexity index is 1190. The summed E-state index contributed by atoms with van der Waals surface area (Å²) in [6.07, 6.45) is 67.2. The third-order valence-corrected chi connectivity index (χ3v) is 15.1. The van der Waals surface area contributed by atoms with Gasteiger partial charge < -0.3 is 28.8 Å². The summed E-state index contributed by atoms with van der Waals surface area (Å²) in [5.74, 6) is -0.201. The van der Waals surface area contributed by atoms with Gasteiger partial charge >= 0.3 is 0 Å². The maximum atomic E-state index is 13.0. The summed E-state index contributed by atoms with van der Waals surface area (Å²) in [7, 11) is 1.26. The molecule has 0 saturated heterocycles. The van der Waals surface area contributed by atoms with Gasteiger partial charge in [-0.25, -0.2) is 0 Å². The summed E-state index contributed by atoms with van der Waals surface area (Å²) >= 11 is 0. The van der Waals surface area contributed by atoms with Crippen LogP contribution < -0.4 is 10.2 Å². The fourth-order valence-corrected chi connectivity index (χ4v) is 10.1. The number of nitrogens with one attached hydrogen (secondary N) is 1. The van der Waals surface area contributed by atoms with Crippen LogP contribution in [0.4, 0.5) is 0 Å². The van der Waals surface area contributed by atoms with Gasteiger partial charge in [0, 0.05) is 6.42 Å². The molecule has 0 aromatic rings. The zero-order valence-electron chi connectivity index (χ0n) is 47.5. The molecule has 0 aliphatic rings. The molecule has 0 aliphatic carbocycles. The predicted molar refractivity (Wildman–Crippen MR) is 302 cm³/mol. The molecular weight excluding hydrogens is 888 g/mol. The number of rotatable bonds is 57. The van der Waals surface area contributed by atoms with E-state index >= 15 is 0 Å². The van der Waals surface area contributed by atoms with Crippen LogP contribution in [0.15, 0.2) is 24.3 Å². The summed E-state index contributed by atoms with van der Waals surface area (Å²) in [5.41, 5.74) is 0. The lowest BCUT2D eigenvalue weighted by molar-refractivity contribution is -0.870. The van der Waals surface area contributed by atoms with Crippen molar-refractivity contribution >= 4 is 13.7 Å². The van der Waals surface area contributed by atoms with E-state index in [1.165, 1.54) is 250 Å². The number of unbranched alkanes of at least 4 members (excludes halogenated alkanes) is 42. The first-order chi connectivity index (χ1) is 34.0. The first kappa shape index (κ1) is 69.0. The van der Waals surface area contributed by atoms with Gasteiger partial charge in [-0.15, -0.1) is 0 Å². The molecule has 0 bridgehead atoms. The minimum atomic E-state index is -4.60. The highest BCUT2D eigenvalue weighted by molar-refractivity contribution is 7.45. The maximum Gasteiger partial charge on any atom is 0.268 e. The van der Waals surface area contributed by atoms with E-state index in [0.29, 0.717) is 17.4 Å². The van der Waals surface area contributed by atoms with Gasteiger partial charge in [0.1, 0.15) is 13.2 Å². The van der Waals surface area contributed by atoms with Crippen molar-refractivity contribution in [2.75, 3.05) is 40.9 Å². The SMILES string of the molecule is CCCCCCCCCCC/C=C/CC/C=C/C(O)C(COP(=O)([O-])OCC[N+](C)(C)C)NC(=O)CCCCCCCCCCCCCCCCCCCCCCCCCCCCCCCCCCC. The number of carbonyl (C=O) groups excluding carboxylic acids is 1. The topological polar surface area (TPSA) is 108 Å². The first-order valence-corrected chi connectivity index (χ1v) is 32.2. The van der Waals surface area contributed by atoms with Gasteiger partial charge in [-0.05, 0) is 32.1 Å². The smallest absolute Gasteiger partial charge is 0.268 e. The normalized spacial score (nSPS) is 14.0. The predicted octanol–water partition coefficient (Wildman–Crippen LogP) is 18.1. The quantitative estimate of drug-likeness (QED) is 0.0272. The van der Waals surface area contributed by atoms with Crippen LogP contribution in [-0.4, -0.2) is 68.5 Å². The van der Waals surface area contributed by atoms with E-state index in [9.17, 15) is 19.4 Å². The van der Waals surface area contributed by atoms with Gasteiger partial charge in [-0.2, -0.15) is 0 Å². The third-order valence-electron chi connectivity index (χ3n) is 14.2.